The molecule has 136 valence electrons. The fourth-order valence-electron chi connectivity index (χ4n) is 1.02. The molecule has 0 aliphatic rings. The number of thiophene rings is 2. The number of hydrogen-bond acceptors (Lipinski definition) is 4. The molecule has 0 atom stereocenters. The van der Waals surface area contributed by atoms with Crippen LogP contribution < -0.4 is 11.5 Å². The molecule has 25 heavy (non-hydrogen) atoms. The molecule has 0 aromatic carbocycles. The van der Waals surface area contributed by atoms with Gasteiger partial charge in [-0.05, 0) is 22.9 Å². The summed E-state index contributed by atoms with van der Waals surface area (Å²) in [5, 5.41) is 11.6. The molecular weight excluding hydrogens is 499 g/mol. The van der Waals surface area contributed by atoms with Gasteiger partial charge >= 0.3 is 0 Å². The fourth-order valence-corrected chi connectivity index (χ4v) is 2.28. The number of nitrogens with zero attached hydrogens (tertiary/aromatic N) is 4. The third-order valence-electron chi connectivity index (χ3n) is 1.78. The van der Waals surface area contributed by atoms with Gasteiger partial charge in [-0.2, -0.15) is 0 Å². The monoisotopic (exact) mass is 520 g/mol. The predicted molar refractivity (Wildman–Crippen MR) is 125 cm³/mol. The van der Waals surface area contributed by atoms with Crippen LogP contribution in [0.25, 0.3) is 10.9 Å². The fraction of sp³-hybridized carbons (Fsp3) is 0. The minimum atomic E-state index is 0. The molecule has 0 unspecified atom stereocenters. The van der Waals surface area contributed by atoms with Crippen LogP contribution in [0.1, 0.15) is 9.75 Å². The molecular formula is C14H20N6S4Sn-2. The molecule has 2 aromatic heterocycles. The maximum atomic E-state index is 5.14. The van der Waals surface area contributed by atoms with Crippen molar-refractivity contribution < 1.29 is 0 Å². The average molecular weight is 519 g/mol. The van der Waals surface area contributed by atoms with E-state index in [0.29, 0.717) is 0 Å². The van der Waals surface area contributed by atoms with Crippen LogP contribution in [-0.4, -0.2) is 46.6 Å². The molecule has 2 heterocycles. The first-order chi connectivity index (χ1) is 10.6. The van der Waals surface area contributed by atoms with E-state index in [9.17, 15) is 0 Å². The van der Waals surface area contributed by atoms with E-state index >= 15 is 0 Å². The summed E-state index contributed by atoms with van der Waals surface area (Å²) in [5.41, 5.74) is 17.3. The van der Waals surface area contributed by atoms with Crippen LogP contribution in [0.15, 0.2) is 45.2 Å². The molecule has 0 saturated heterocycles. The van der Waals surface area contributed by atoms with Crippen LogP contribution in [-0.2, 0) is 24.4 Å². The zero-order valence-electron chi connectivity index (χ0n) is 13.8. The molecule has 0 spiro atoms. The number of rotatable bonds is 4. The topological polar surface area (TPSA) is 105 Å². The first-order valence-electron chi connectivity index (χ1n) is 5.76. The van der Waals surface area contributed by atoms with Gasteiger partial charge in [-0.3, -0.25) is 11.5 Å². The van der Waals surface area contributed by atoms with Crippen LogP contribution in [0.5, 0.6) is 0 Å². The van der Waals surface area contributed by atoms with E-state index in [-0.39, 0.29) is 49.0 Å². The number of hydrogen-bond donors (Lipinski definition) is 2. The van der Waals surface area contributed by atoms with Crippen molar-refractivity contribution >= 4 is 93.7 Å². The Kier molecular flexibility index (Phi) is 20.9. The van der Waals surface area contributed by atoms with E-state index in [4.69, 9.17) is 11.5 Å². The Hall–Kier alpha value is -0.761. The Balaban J connectivity index is -0.000000346. The smallest absolute Gasteiger partial charge is 0.183 e. The van der Waals surface area contributed by atoms with Gasteiger partial charge in [0.2, 0.25) is 0 Å². The Morgan fingerprint density at radius 2 is 1.24 bits per heavy atom. The second kappa shape index (κ2) is 18.0. The quantitative estimate of drug-likeness (QED) is 0.123. The predicted octanol–water partition coefficient (Wildman–Crippen LogP) is 2.08. The summed E-state index contributed by atoms with van der Waals surface area (Å²) in [4.78, 5) is 2.09. The molecule has 0 aliphatic heterocycles. The zero-order chi connectivity index (χ0) is 16.2. The van der Waals surface area contributed by atoms with Crippen molar-refractivity contribution in [1.82, 2.24) is 0 Å². The molecule has 0 bridgehead atoms. The van der Waals surface area contributed by atoms with Gasteiger partial charge in [0.1, 0.15) is 0 Å². The largest absolute Gasteiger partial charge is 0.515 e. The van der Waals surface area contributed by atoms with Gasteiger partial charge in [0.05, 0.1) is 0 Å². The van der Waals surface area contributed by atoms with E-state index in [2.05, 4.69) is 45.5 Å². The first-order valence-corrected chi connectivity index (χ1v) is 8.41. The molecule has 2 rings (SSSR count). The maximum Gasteiger partial charge on any atom is 0.183 e. The Bertz CT molecular complexity index is 570. The number of thiol groups is 2. The standard InChI is InChI=1S/2C6H7N3S2.2CH3.Sn/c2*7-6(10)9-8-4-5-2-1-3-11-5;;;/h2*1-4H,(H3,7,9,10);2*1H3;/q;;2*-1;. The van der Waals surface area contributed by atoms with Gasteiger partial charge in [0, 0.05) is 46.1 Å². The van der Waals surface area contributed by atoms with Crippen molar-refractivity contribution in [1.29, 1.82) is 0 Å². The molecule has 4 radical (unpaired) electrons. The summed E-state index contributed by atoms with van der Waals surface area (Å²) in [6, 6.07) is 7.77. The molecule has 0 aliphatic carbocycles. The third kappa shape index (κ3) is 16.5. The Labute approximate surface area is 184 Å². The molecule has 11 heteroatoms. The van der Waals surface area contributed by atoms with Crippen molar-refractivity contribution in [2.24, 2.45) is 21.7 Å². The molecule has 0 amide bonds. The second-order valence-corrected chi connectivity index (χ2v) is 6.31. The van der Waals surface area contributed by atoms with Crippen molar-refractivity contribution in [3.05, 3.63) is 70.5 Å². The van der Waals surface area contributed by atoms with Crippen molar-refractivity contribution in [3.8, 4) is 0 Å². The Morgan fingerprint density at radius 1 is 0.880 bits per heavy atom. The molecule has 0 fully saturated rings. The summed E-state index contributed by atoms with van der Waals surface area (Å²) in [7, 11) is 0. The van der Waals surface area contributed by atoms with E-state index in [1.807, 2.05) is 35.0 Å². The van der Waals surface area contributed by atoms with Crippen LogP contribution in [0.3, 0.4) is 0 Å². The van der Waals surface area contributed by atoms with Gasteiger partial charge in [-0.25, -0.2) is 0 Å². The van der Waals surface area contributed by atoms with Crippen molar-refractivity contribution in [2.75, 3.05) is 0 Å². The minimum Gasteiger partial charge on any atom is -0.515 e. The van der Waals surface area contributed by atoms with Crippen molar-refractivity contribution in [2.45, 2.75) is 0 Å². The van der Waals surface area contributed by atoms with Gasteiger partial charge in [-0.1, -0.05) is 12.1 Å². The van der Waals surface area contributed by atoms with Gasteiger partial charge in [0.25, 0.3) is 0 Å². The summed E-state index contributed by atoms with van der Waals surface area (Å²) in [5.74, 6) is 0. The third-order valence-corrected chi connectivity index (χ3v) is 3.57. The van der Waals surface area contributed by atoms with Crippen LogP contribution >= 0.6 is 22.7 Å². The van der Waals surface area contributed by atoms with Crippen LogP contribution in [0.4, 0.5) is 0 Å². The summed E-state index contributed by atoms with van der Waals surface area (Å²) in [6.07, 6.45) is 3.27. The summed E-state index contributed by atoms with van der Waals surface area (Å²) >= 11 is 10.7. The zero-order valence-corrected chi connectivity index (χ0v) is 20.0. The molecule has 6 nitrogen and oxygen atoms in total. The molecule has 2 aromatic rings. The SMILES string of the molecule is NC(=[SH+])[N-]N=Cc1cccs1.NC(=[SH+])[N-]N=Cc1cccs1.[CH3-].[CH3-].[Sn]. The maximum absolute atomic E-state index is 5.14. The normalized spacial score (nSPS) is 9.04. The van der Waals surface area contributed by atoms with E-state index in [1.54, 1.807) is 35.1 Å². The van der Waals surface area contributed by atoms with Gasteiger partial charge < -0.3 is 35.9 Å². The van der Waals surface area contributed by atoms with Crippen molar-refractivity contribution in [3.63, 3.8) is 0 Å². The molecule has 0 saturated carbocycles. The van der Waals surface area contributed by atoms with Gasteiger partial charge in [-0.15, -0.1) is 22.7 Å². The van der Waals surface area contributed by atoms with E-state index in [0.717, 1.165) is 9.75 Å². The second-order valence-electron chi connectivity index (χ2n) is 3.44. The van der Waals surface area contributed by atoms with E-state index < -0.39 is 0 Å². The van der Waals surface area contributed by atoms with Gasteiger partial charge in [0.15, 0.2) is 34.7 Å². The first kappa shape index (κ1) is 29.0. The van der Waals surface area contributed by atoms with Crippen LogP contribution in [0, 0.1) is 14.9 Å². The van der Waals surface area contributed by atoms with E-state index in [1.165, 1.54) is 0 Å². The summed E-state index contributed by atoms with van der Waals surface area (Å²) < 4.78 is 0. The van der Waals surface area contributed by atoms with Crippen LogP contribution in [0.2, 0.25) is 0 Å². The Morgan fingerprint density at radius 3 is 1.48 bits per heavy atom. The minimum absolute atomic E-state index is 0. The molecule has 4 N–H and O–H groups in total. The average Bonchev–Trinajstić information content (AvgIpc) is 3.11. The summed E-state index contributed by atoms with van der Waals surface area (Å²) in [6.45, 7) is 0. The number of nitrogens with two attached hydrogens (primary N) is 2.